The summed E-state index contributed by atoms with van der Waals surface area (Å²) in [6, 6.07) is 14.3. The Morgan fingerprint density at radius 2 is 1.83 bits per heavy atom. The highest BCUT2D eigenvalue weighted by molar-refractivity contribution is 5.79. The summed E-state index contributed by atoms with van der Waals surface area (Å²) in [7, 11) is 0. The minimum absolute atomic E-state index is 0.0197. The van der Waals surface area contributed by atoms with Crippen LogP contribution in [0.2, 0.25) is 0 Å². The highest BCUT2D eigenvalue weighted by Crippen LogP contribution is 2.22. The highest BCUT2D eigenvalue weighted by atomic mass is 16.2. The number of likely N-dealkylation sites (tertiary alicyclic amines) is 1. The van der Waals surface area contributed by atoms with Gasteiger partial charge in [-0.2, -0.15) is 0 Å². The molecular formula is C28H36N6O2. The second-order valence-corrected chi connectivity index (χ2v) is 10.1. The summed E-state index contributed by atoms with van der Waals surface area (Å²) in [5.41, 5.74) is 2.20. The Balaban J connectivity index is 1.24. The molecule has 36 heavy (non-hydrogen) atoms. The Hall–Kier alpha value is -3.26. The first-order valence-corrected chi connectivity index (χ1v) is 13.3. The summed E-state index contributed by atoms with van der Waals surface area (Å²) >= 11 is 0. The summed E-state index contributed by atoms with van der Waals surface area (Å²) in [6.45, 7) is 6.75. The number of hydrogen-bond donors (Lipinski definition) is 1. The molecule has 2 saturated heterocycles. The van der Waals surface area contributed by atoms with Crippen molar-refractivity contribution in [1.82, 2.24) is 24.8 Å². The molecule has 0 spiro atoms. The molecule has 0 aliphatic carbocycles. The van der Waals surface area contributed by atoms with E-state index < -0.39 is 0 Å². The normalized spacial score (nSPS) is 19.5. The van der Waals surface area contributed by atoms with E-state index >= 15 is 0 Å². The molecule has 8 nitrogen and oxygen atoms in total. The lowest BCUT2D eigenvalue weighted by molar-refractivity contribution is -0.125. The van der Waals surface area contributed by atoms with Crippen LogP contribution >= 0.6 is 0 Å². The predicted molar refractivity (Wildman–Crippen MR) is 142 cm³/mol. The lowest BCUT2D eigenvalue weighted by Gasteiger charge is -2.34. The van der Waals surface area contributed by atoms with Crippen LogP contribution in [0.25, 0.3) is 11.2 Å². The number of anilines is 1. The lowest BCUT2D eigenvalue weighted by Crippen LogP contribution is -2.46. The fraction of sp³-hybridized carbons (Fsp3) is 0.500. The number of fused-ring (bicyclic) bond motifs is 1. The first-order chi connectivity index (χ1) is 17.6. The van der Waals surface area contributed by atoms with E-state index in [1.807, 2.05) is 47.4 Å². The minimum Gasteiger partial charge on any atom is -0.355 e. The average Bonchev–Trinajstić information content (AvgIpc) is 2.92. The molecule has 0 saturated carbocycles. The van der Waals surface area contributed by atoms with Crippen LogP contribution in [-0.2, 0) is 11.3 Å². The number of aromatic nitrogens is 3. The van der Waals surface area contributed by atoms with E-state index in [0.717, 1.165) is 31.5 Å². The SMILES string of the molecule is C[C@@H]1CCCCN1CCNC(=O)C1CCN(c2nc3cccnc3n(Cc3ccccc3)c2=O)CC1. The van der Waals surface area contributed by atoms with Crippen LogP contribution in [0.5, 0.6) is 0 Å². The summed E-state index contributed by atoms with van der Waals surface area (Å²) in [6.07, 6.45) is 6.94. The van der Waals surface area contributed by atoms with E-state index in [2.05, 4.69) is 22.1 Å². The maximum Gasteiger partial charge on any atom is 0.295 e. The Bertz CT molecular complexity index is 1240. The monoisotopic (exact) mass is 488 g/mol. The summed E-state index contributed by atoms with van der Waals surface area (Å²) in [5, 5.41) is 3.16. The molecule has 2 aliphatic rings. The van der Waals surface area contributed by atoms with Crippen molar-refractivity contribution in [1.29, 1.82) is 0 Å². The third-order valence-electron chi connectivity index (χ3n) is 7.67. The predicted octanol–water partition coefficient (Wildman–Crippen LogP) is 3.05. The first-order valence-electron chi connectivity index (χ1n) is 13.3. The van der Waals surface area contributed by atoms with Crippen LogP contribution < -0.4 is 15.8 Å². The molecule has 2 aliphatic heterocycles. The van der Waals surface area contributed by atoms with E-state index in [4.69, 9.17) is 4.98 Å². The van der Waals surface area contributed by atoms with E-state index in [9.17, 15) is 9.59 Å². The molecule has 0 unspecified atom stereocenters. The van der Waals surface area contributed by atoms with Gasteiger partial charge in [0.2, 0.25) is 5.91 Å². The van der Waals surface area contributed by atoms with Gasteiger partial charge < -0.3 is 10.2 Å². The number of carbonyl (C=O) groups excluding carboxylic acids is 1. The molecule has 1 amide bonds. The van der Waals surface area contributed by atoms with E-state index in [-0.39, 0.29) is 17.4 Å². The van der Waals surface area contributed by atoms with Crippen molar-refractivity contribution >= 4 is 22.9 Å². The van der Waals surface area contributed by atoms with Crippen molar-refractivity contribution in [2.75, 3.05) is 37.6 Å². The summed E-state index contributed by atoms with van der Waals surface area (Å²) in [5.74, 6) is 0.564. The quantitative estimate of drug-likeness (QED) is 0.551. The van der Waals surface area contributed by atoms with Crippen molar-refractivity contribution in [3.05, 3.63) is 64.6 Å². The molecule has 5 rings (SSSR count). The second-order valence-electron chi connectivity index (χ2n) is 10.1. The fourth-order valence-electron chi connectivity index (χ4n) is 5.49. The van der Waals surface area contributed by atoms with E-state index in [0.29, 0.717) is 49.2 Å². The highest BCUT2D eigenvalue weighted by Gasteiger charge is 2.28. The number of carbonyl (C=O) groups is 1. The van der Waals surface area contributed by atoms with Crippen molar-refractivity contribution < 1.29 is 4.79 Å². The van der Waals surface area contributed by atoms with Gasteiger partial charge in [0.1, 0.15) is 5.52 Å². The first kappa shape index (κ1) is 24.4. The zero-order valence-corrected chi connectivity index (χ0v) is 21.1. The Morgan fingerprint density at radius 3 is 2.61 bits per heavy atom. The van der Waals surface area contributed by atoms with Gasteiger partial charge in [0, 0.05) is 44.3 Å². The van der Waals surface area contributed by atoms with Crippen LogP contribution in [0, 0.1) is 5.92 Å². The Labute approximate surface area is 212 Å². The number of amides is 1. The van der Waals surface area contributed by atoms with Gasteiger partial charge in [-0.25, -0.2) is 9.97 Å². The van der Waals surface area contributed by atoms with Crippen molar-refractivity contribution in [2.45, 2.75) is 51.6 Å². The third-order valence-corrected chi connectivity index (χ3v) is 7.67. The fourth-order valence-corrected chi connectivity index (χ4v) is 5.49. The molecule has 1 atom stereocenters. The van der Waals surface area contributed by atoms with Crippen LogP contribution in [-0.4, -0.2) is 64.1 Å². The molecule has 190 valence electrons. The minimum atomic E-state index is -0.136. The van der Waals surface area contributed by atoms with Gasteiger partial charge in [0.15, 0.2) is 11.5 Å². The number of pyridine rings is 1. The van der Waals surface area contributed by atoms with E-state index in [1.165, 1.54) is 19.3 Å². The number of rotatable bonds is 7. The molecule has 2 fully saturated rings. The summed E-state index contributed by atoms with van der Waals surface area (Å²) < 4.78 is 1.72. The van der Waals surface area contributed by atoms with Gasteiger partial charge in [-0.05, 0) is 56.8 Å². The molecule has 0 bridgehead atoms. The maximum absolute atomic E-state index is 13.6. The Morgan fingerprint density at radius 1 is 1.03 bits per heavy atom. The third kappa shape index (κ3) is 5.43. The smallest absolute Gasteiger partial charge is 0.295 e. The molecule has 8 heteroatoms. The van der Waals surface area contributed by atoms with Gasteiger partial charge in [0.05, 0.1) is 6.54 Å². The molecule has 3 aromatic rings. The second kappa shape index (κ2) is 11.2. The largest absolute Gasteiger partial charge is 0.355 e. The molecule has 2 aromatic heterocycles. The van der Waals surface area contributed by atoms with Crippen molar-refractivity contribution in [2.24, 2.45) is 5.92 Å². The molecule has 1 aromatic carbocycles. The van der Waals surface area contributed by atoms with Gasteiger partial charge in [-0.3, -0.25) is 19.1 Å². The van der Waals surface area contributed by atoms with Crippen LogP contribution in [0.4, 0.5) is 5.82 Å². The topological polar surface area (TPSA) is 83.4 Å². The molecular weight excluding hydrogens is 452 g/mol. The van der Waals surface area contributed by atoms with Crippen LogP contribution in [0.15, 0.2) is 53.5 Å². The van der Waals surface area contributed by atoms with Crippen molar-refractivity contribution in [3.8, 4) is 0 Å². The van der Waals surface area contributed by atoms with Crippen LogP contribution in [0.3, 0.4) is 0 Å². The number of nitrogens with zero attached hydrogens (tertiary/aromatic N) is 5. The van der Waals surface area contributed by atoms with Gasteiger partial charge in [-0.15, -0.1) is 0 Å². The zero-order chi connectivity index (χ0) is 24.9. The van der Waals surface area contributed by atoms with E-state index in [1.54, 1.807) is 10.8 Å². The average molecular weight is 489 g/mol. The number of hydrogen-bond acceptors (Lipinski definition) is 6. The zero-order valence-electron chi connectivity index (χ0n) is 21.1. The molecule has 4 heterocycles. The Kier molecular flexibility index (Phi) is 7.60. The number of benzene rings is 1. The van der Waals surface area contributed by atoms with Gasteiger partial charge in [-0.1, -0.05) is 36.8 Å². The number of nitrogens with one attached hydrogen (secondary N) is 1. The van der Waals surface area contributed by atoms with Crippen molar-refractivity contribution in [3.63, 3.8) is 0 Å². The maximum atomic E-state index is 13.6. The summed E-state index contributed by atoms with van der Waals surface area (Å²) in [4.78, 5) is 40.1. The number of piperidine rings is 2. The standard InChI is InChI=1S/C28H36N6O2/c1-21-8-5-6-16-32(21)19-15-30-27(35)23-12-17-33(18-13-23)26-28(36)34(20-22-9-3-2-4-10-22)25-24(31-26)11-7-14-29-25/h2-4,7,9-11,14,21,23H,5-6,8,12-13,15-20H2,1H3,(H,30,35)/t21-/m1/s1. The van der Waals surface area contributed by atoms with Crippen LogP contribution in [0.1, 0.15) is 44.6 Å². The molecule has 1 N–H and O–H groups in total. The molecule has 0 radical (unpaired) electrons. The van der Waals surface area contributed by atoms with Gasteiger partial charge in [0.25, 0.3) is 5.56 Å². The lowest BCUT2D eigenvalue weighted by atomic mass is 9.96. The van der Waals surface area contributed by atoms with Gasteiger partial charge >= 0.3 is 0 Å².